The maximum Gasteiger partial charge on any atom is 0.405 e. The Morgan fingerprint density at radius 2 is 1.12 bits per heavy atom. The van der Waals surface area contributed by atoms with E-state index in [-0.39, 0.29) is 58.6 Å². The molecule has 2 saturated heterocycles. The number of benzene rings is 2. The zero-order valence-electron chi connectivity index (χ0n) is 26.7. The van der Waals surface area contributed by atoms with E-state index in [2.05, 4.69) is 9.98 Å². The molecule has 0 radical (unpaired) electrons. The molecule has 0 bridgehead atoms. The van der Waals surface area contributed by atoms with Gasteiger partial charge >= 0.3 is 24.7 Å². The summed E-state index contributed by atoms with van der Waals surface area (Å²) in [6, 6.07) is 3.98. The Kier molecular flexibility index (Phi) is 13.9. The average Bonchev–Trinajstić information content (AvgIpc) is 3.56. The van der Waals surface area contributed by atoms with E-state index in [0.29, 0.717) is 30.2 Å². The number of aryl methyl sites for hydroxylation is 2. The molecule has 1 atom stereocenters. The number of thioether (sulfide) groups is 1. The number of rotatable bonds is 8. The van der Waals surface area contributed by atoms with Crippen LogP contribution in [0, 0.1) is 25.5 Å². The predicted octanol–water partition coefficient (Wildman–Crippen LogP) is 9.97. The van der Waals surface area contributed by atoms with E-state index in [1.165, 1.54) is 13.8 Å². The van der Waals surface area contributed by atoms with Crippen molar-refractivity contribution in [3.8, 4) is 0 Å². The Morgan fingerprint density at radius 3 is 1.55 bits per heavy atom. The van der Waals surface area contributed by atoms with Gasteiger partial charge in [0.05, 0.1) is 16.6 Å². The van der Waals surface area contributed by atoms with Crippen LogP contribution < -0.4 is 0 Å². The van der Waals surface area contributed by atoms with Crippen molar-refractivity contribution in [2.24, 2.45) is 9.98 Å². The Hall–Kier alpha value is -3.10. The van der Waals surface area contributed by atoms with Crippen LogP contribution in [0.2, 0.25) is 0 Å². The van der Waals surface area contributed by atoms with Crippen LogP contribution in [0.3, 0.4) is 0 Å². The average molecular weight is 793 g/mol. The van der Waals surface area contributed by atoms with Crippen LogP contribution in [0.4, 0.5) is 72.8 Å². The summed E-state index contributed by atoms with van der Waals surface area (Å²) < 4.78 is 190. The van der Waals surface area contributed by atoms with E-state index in [4.69, 9.17) is 0 Å². The van der Waals surface area contributed by atoms with Crippen molar-refractivity contribution in [1.82, 2.24) is 9.80 Å². The van der Waals surface area contributed by atoms with Gasteiger partial charge in [0.25, 0.3) is 0 Å². The molecule has 0 aromatic heterocycles. The first-order valence-corrected chi connectivity index (χ1v) is 17.1. The van der Waals surface area contributed by atoms with Gasteiger partial charge in [-0.2, -0.15) is 52.7 Å². The summed E-state index contributed by atoms with van der Waals surface area (Å²) in [5.74, 6) is -4.34. The van der Waals surface area contributed by atoms with Crippen molar-refractivity contribution in [3.05, 3.63) is 47.0 Å². The molecule has 2 aromatic carbocycles. The third-order valence-electron chi connectivity index (χ3n) is 7.05. The highest BCUT2D eigenvalue weighted by molar-refractivity contribution is 7.99. The normalized spacial score (nSPS) is 18.1. The van der Waals surface area contributed by atoms with Crippen molar-refractivity contribution in [1.29, 1.82) is 0 Å². The van der Waals surface area contributed by atoms with Crippen molar-refractivity contribution >= 4 is 45.6 Å². The molecule has 2 fully saturated rings. The lowest BCUT2D eigenvalue weighted by Crippen LogP contribution is -2.35. The summed E-state index contributed by atoms with van der Waals surface area (Å²) in [4.78, 5) is 9.71. The lowest BCUT2D eigenvalue weighted by Gasteiger charge is -2.20. The van der Waals surface area contributed by atoms with Crippen LogP contribution in [0.25, 0.3) is 0 Å². The summed E-state index contributed by atoms with van der Waals surface area (Å²) in [6.07, 6.45) is -16.6. The minimum Gasteiger partial charge on any atom is -0.351 e. The number of hydrogen-bond acceptors (Lipinski definition) is 4. The largest absolute Gasteiger partial charge is 0.405 e. The van der Waals surface area contributed by atoms with Gasteiger partial charge in [0, 0.05) is 35.7 Å². The lowest BCUT2D eigenvalue weighted by atomic mass is 10.2. The molecular formula is C30H30F14N4OS2. The van der Waals surface area contributed by atoms with Gasteiger partial charge in [0.1, 0.15) is 53.5 Å². The standard InChI is InChI=1S/C15H15F7N2OS.C15H15F7N2S/c1-9-5-10(16)11(6-12(9)26(25)8-15(20,21)22)23-13-3-2-4-24(13)7-14(17,18)19;1-9-5-10(16)11(6-12(9)25-8-15(20,21)22)23-13-3-2-4-24(13)7-14(17,18)19/h5-6H,2-4,7-8H2,1H3;5-6H,2-4,7-8H2,1H3. The van der Waals surface area contributed by atoms with Gasteiger partial charge in [0.2, 0.25) is 0 Å². The number of amidine groups is 2. The number of hydrogen-bond donors (Lipinski definition) is 0. The van der Waals surface area contributed by atoms with Gasteiger partial charge in [-0.15, -0.1) is 11.8 Å². The maximum atomic E-state index is 14.1. The molecule has 0 amide bonds. The van der Waals surface area contributed by atoms with Crippen molar-refractivity contribution in [3.63, 3.8) is 0 Å². The molecule has 2 heterocycles. The molecule has 0 N–H and O–H groups in total. The molecule has 2 aromatic rings. The Labute approximate surface area is 289 Å². The molecular weight excluding hydrogens is 762 g/mol. The number of aliphatic imine (C=N–C) groups is 2. The van der Waals surface area contributed by atoms with Crippen molar-refractivity contribution in [2.75, 3.05) is 37.7 Å². The number of halogens is 14. The molecule has 0 spiro atoms. The van der Waals surface area contributed by atoms with E-state index < -0.39 is 77.4 Å². The SMILES string of the molecule is Cc1cc(F)c(N=C2CCCN2CC(F)(F)F)cc1S(=O)CC(F)(F)F.Cc1cc(F)c(N=C2CCCN2CC(F)(F)F)cc1SCC(F)(F)F. The zero-order valence-corrected chi connectivity index (χ0v) is 28.3. The second kappa shape index (κ2) is 16.7. The second-order valence-corrected chi connectivity index (χ2v) is 13.9. The third kappa shape index (κ3) is 14.1. The van der Waals surface area contributed by atoms with Gasteiger partial charge in [-0.25, -0.2) is 18.8 Å². The van der Waals surface area contributed by atoms with Gasteiger partial charge in [-0.05, 0) is 62.1 Å². The monoisotopic (exact) mass is 792 g/mol. The zero-order chi connectivity index (χ0) is 38.5. The third-order valence-corrected chi connectivity index (χ3v) is 9.79. The fourth-order valence-corrected chi connectivity index (χ4v) is 6.89. The highest BCUT2D eigenvalue weighted by Crippen LogP contribution is 2.35. The first-order valence-electron chi connectivity index (χ1n) is 14.8. The molecule has 5 nitrogen and oxygen atoms in total. The van der Waals surface area contributed by atoms with Gasteiger partial charge in [0.15, 0.2) is 0 Å². The molecule has 286 valence electrons. The van der Waals surface area contributed by atoms with E-state index >= 15 is 0 Å². The van der Waals surface area contributed by atoms with E-state index in [1.54, 1.807) is 0 Å². The summed E-state index contributed by atoms with van der Waals surface area (Å²) in [5, 5.41) is 0. The smallest absolute Gasteiger partial charge is 0.351 e. The van der Waals surface area contributed by atoms with E-state index in [1.807, 2.05) is 0 Å². The quantitative estimate of drug-likeness (QED) is 0.197. The van der Waals surface area contributed by atoms with Crippen LogP contribution in [-0.4, -0.2) is 88.1 Å². The summed E-state index contributed by atoms with van der Waals surface area (Å²) >= 11 is 0.491. The maximum absolute atomic E-state index is 14.1. The van der Waals surface area contributed by atoms with Crippen LogP contribution in [0.1, 0.15) is 36.8 Å². The predicted molar refractivity (Wildman–Crippen MR) is 164 cm³/mol. The minimum atomic E-state index is -4.67. The molecule has 0 saturated carbocycles. The second-order valence-electron chi connectivity index (χ2n) is 11.5. The summed E-state index contributed by atoms with van der Waals surface area (Å²) in [7, 11) is -2.47. The minimum absolute atomic E-state index is 0.00219. The van der Waals surface area contributed by atoms with Crippen molar-refractivity contribution in [2.45, 2.75) is 74.0 Å². The van der Waals surface area contributed by atoms with Crippen molar-refractivity contribution < 1.29 is 65.7 Å². The topological polar surface area (TPSA) is 48.3 Å². The molecule has 2 aliphatic heterocycles. The van der Waals surface area contributed by atoms with Crippen LogP contribution in [0.5, 0.6) is 0 Å². The van der Waals surface area contributed by atoms with E-state index in [9.17, 15) is 65.7 Å². The number of nitrogens with zero attached hydrogens (tertiary/aromatic N) is 4. The molecule has 0 aliphatic carbocycles. The fourth-order valence-electron chi connectivity index (χ4n) is 4.98. The first kappa shape index (κ1) is 42.3. The number of alkyl halides is 12. The van der Waals surface area contributed by atoms with Crippen LogP contribution in [-0.2, 0) is 10.8 Å². The molecule has 4 rings (SSSR count). The molecule has 21 heteroatoms. The van der Waals surface area contributed by atoms with Crippen LogP contribution in [0.15, 0.2) is 44.0 Å². The fraction of sp³-hybridized carbons (Fsp3) is 0.533. The Balaban J connectivity index is 0.000000276. The van der Waals surface area contributed by atoms with E-state index in [0.717, 1.165) is 34.1 Å². The molecule has 51 heavy (non-hydrogen) atoms. The summed E-state index contributed by atoms with van der Waals surface area (Å²) in [5.41, 5.74) is -0.313. The highest BCUT2D eigenvalue weighted by Gasteiger charge is 2.36. The van der Waals surface area contributed by atoms with Gasteiger partial charge < -0.3 is 9.80 Å². The van der Waals surface area contributed by atoms with Gasteiger partial charge in [-0.3, -0.25) is 4.21 Å². The Morgan fingerprint density at radius 1 is 0.667 bits per heavy atom. The molecule has 1 unspecified atom stereocenters. The lowest BCUT2D eigenvalue weighted by molar-refractivity contribution is -0.137. The first-order chi connectivity index (χ1) is 23.3. The molecule has 2 aliphatic rings. The Bertz CT molecular complexity index is 1620. The van der Waals surface area contributed by atoms with Crippen LogP contribution >= 0.6 is 11.8 Å². The number of likely N-dealkylation sites (tertiary alicyclic amines) is 2. The summed E-state index contributed by atoms with van der Waals surface area (Å²) in [6.45, 7) is 0.584. The van der Waals surface area contributed by atoms with Gasteiger partial charge in [-0.1, -0.05) is 0 Å². The highest BCUT2D eigenvalue weighted by atomic mass is 32.2.